The third-order valence-corrected chi connectivity index (χ3v) is 2.74. The van der Waals surface area contributed by atoms with Gasteiger partial charge in [0.1, 0.15) is 11.6 Å². The third kappa shape index (κ3) is 3.54. The lowest BCUT2D eigenvalue weighted by atomic mass is 10.4. The molecule has 0 aliphatic carbocycles. The Morgan fingerprint density at radius 2 is 1.95 bits per heavy atom. The summed E-state index contributed by atoms with van der Waals surface area (Å²) in [4.78, 5) is 32.0. The highest BCUT2D eigenvalue weighted by Crippen LogP contribution is 2.26. The topological polar surface area (TPSA) is 81.6 Å². The number of rotatable bonds is 4. The number of amides is 1. The lowest BCUT2D eigenvalue weighted by molar-refractivity contribution is -0.139. The van der Waals surface area contributed by atoms with E-state index in [1.807, 2.05) is 0 Å². The molecule has 0 bridgehead atoms. The molecule has 7 nitrogen and oxygen atoms in total. The van der Waals surface area contributed by atoms with E-state index in [4.69, 9.17) is 16.3 Å². The Kier molecular flexibility index (Phi) is 5.05. The Morgan fingerprint density at radius 1 is 1.32 bits per heavy atom. The van der Waals surface area contributed by atoms with Crippen LogP contribution in [0.5, 0.6) is 5.88 Å². The molecule has 0 radical (unpaired) electrons. The van der Waals surface area contributed by atoms with Crippen molar-refractivity contribution in [2.24, 2.45) is 0 Å². The van der Waals surface area contributed by atoms with Gasteiger partial charge in [0.15, 0.2) is 0 Å². The van der Waals surface area contributed by atoms with Gasteiger partial charge >= 0.3 is 5.97 Å². The molecule has 1 aromatic rings. The van der Waals surface area contributed by atoms with E-state index in [0.717, 1.165) is 4.90 Å². The Morgan fingerprint density at radius 3 is 2.42 bits per heavy atom. The number of aryl methyl sites for hydroxylation is 1. The van der Waals surface area contributed by atoms with Crippen molar-refractivity contribution >= 4 is 29.4 Å². The minimum atomic E-state index is -0.578. The largest absolute Gasteiger partial charge is 0.480 e. The number of hydrogen-bond acceptors (Lipinski definition) is 6. The van der Waals surface area contributed by atoms with Crippen LogP contribution in [0.25, 0.3) is 0 Å². The van der Waals surface area contributed by atoms with Crippen molar-refractivity contribution in [1.29, 1.82) is 0 Å². The van der Waals surface area contributed by atoms with E-state index in [9.17, 15) is 9.59 Å². The Balaban J connectivity index is 3.20. The van der Waals surface area contributed by atoms with Gasteiger partial charge in [0.2, 0.25) is 17.7 Å². The van der Waals surface area contributed by atoms with Crippen molar-refractivity contribution in [1.82, 2.24) is 9.97 Å². The first-order chi connectivity index (χ1) is 8.90. The average molecular weight is 288 g/mol. The van der Waals surface area contributed by atoms with E-state index in [1.54, 1.807) is 6.92 Å². The Labute approximate surface area is 115 Å². The smallest absolute Gasteiger partial charge is 0.325 e. The Bertz CT molecular complexity index is 507. The molecular formula is C11H14ClN3O4. The first-order valence-electron chi connectivity index (χ1n) is 5.33. The van der Waals surface area contributed by atoms with Gasteiger partial charge in [-0.05, 0) is 6.92 Å². The van der Waals surface area contributed by atoms with Crippen LogP contribution >= 0.6 is 11.6 Å². The number of aromatic nitrogens is 2. The predicted octanol–water partition coefficient (Wildman–Crippen LogP) is 0.973. The van der Waals surface area contributed by atoms with Gasteiger partial charge in [0, 0.05) is 6.92 Å². The van der Waals surface area contributed by atoms with Gasteiger partial charge in [-0.25, -0.2) is 4.98 Å². The van der Waals surface area contributed by atoms with Crippen LogP contribution in [0.3, 0.4) is 0 Å². The molecule has 0 saturated carbocycles. The summed E-state index contributed by atoms with van der Waals surface area (Å²) in [5.74, 6) is -0.795. The normalized spacial score (nSPS) is 9.95. The highest BCUT2D eigenvalue weighted by atomic mass is 35.5. The SMILES string of the molecule is COC(=O)CN(C(C)=O)c1nc(C)c(Cl)c(OC)n1. The van der Waals surface area contributed by atoms with Gasteiger partial charge in [0.25, 0.3) is 0 Å². The first kappa shape index (κ1) is 15.2. The summed E-state index contributed by atoms with van der Waals surface area (Å²) in [5.41, 5.74) is 0.444. The molecule has 8 heteroatoms. The second-order valence-electron chi connectivity index (χ2n) is 3.61. The minimum Gasteiger partial charge on any atom is -0.480 e. The summed E-state index contributed by atoms with van der Waals surface area (Å²) in [5, 5.41) is 0.257. The lowest BCUT2D eigenvalue weighted by Crippen LogP contribution is -2.36. The minimum absolute atomic E-state index is 0.0386. The van der Waals surface area contributed by atoms with Crippen molar-refractivity contribution < 1.29 is 19.1 Å². The molecule has 0 saturated heterocycles. The van der Waals surface area contributed by atoms with Gasteiger partial charge < -0.3 is 9.47 Å². The summed E-state index contributed by atoms with van der Waals surface area (Å²) >= 11 is 5.94. The lowest BCUT2D eigenvalue weighted by Gasteiger charge is -2.18. The van der Waals surface area contributed by atoms with E-state index < -0.39 is 11.9 Å². The molecule has 19 heavy (non-hydrogen) atoms. The molecular weight excluding hydrogens is 274 g/mol. The van der Waals surface area contributed by atoms with Crippen LogP contribution < -0.4 is 9.64 Å². The summed E-state index contributed by atoms with van der Waals surface area (Å²) in [7, 11) is 2.63. The number of nitrogens with zero attached hydrogens (tertiary/aromatic N) is 3. The first-order valence-corrected chi connectivity index (χ1v) is 5.71. The molecule has 0 aliphatic heterocycles. The average Bonchev–Trinajstić information content (AvgIpc) is 2.38. The van der Waals surface area contributed by atoms with Crippen molar-refractivity contribution in [2.75, 3.05) is 25.7 Å². The number of ether oxygens (including phenoxy) is 2. The summed E-state index contributed by atoms with van der Waals surface area (Å²) in [6.45, 7) is 2.66. The summed E-state index contributed by atoms with van der Waals surface area (Å²) in [6, 6.07) is 0. The Hall–Kier alpha value is -1.89. The quantitative estimate of drug-likeness (QED) is 0.768. The molecule has 0 aliphatic rings. The van der Waals surface area contributed by atoms with Crippen molar-refractivity contribution in [3.8, 4) is 5.88 Å². The summed E-state index contributed by atoms with van der Waals surface area (Å²) < 4.78 is 9.51. The van der Waals surface area contributed by atoms with Crippen LogP contribution in [0.4, 0.5) is 5.95 Å². The molecule has 1 rings (SSSR count). The van der Waals surface area contributed by atoms with Crippen LogP contribution in [0.2, 0.25) is 5.02 Å². The molecule has 0 atom stereocenters. The maximum Gasteiger partial charge on any atom is 0.325 e. The molecule has 0 spiro atoms. The molecule has 1 aromatic heterocycles. The number of methoxy groups -OCH3 is 2. The number of halogens is 1. The van der Waals surface area contributed by atoms with Crippen LogP contribution in [-0.4, -0.2) is 42.6 Å². The van der Waals surface area contributed by atoms with Gasteiger partial charge in [-0.1, -0.05) is 11.6 Å². The highest BCUT2D eigenvalue weighted by molar-refractivity contribution is 6.32. The molecule has 0 N–H and O–H groups in total. The monoisotopic (exact) mass is 287 g/mol. The molecule has 0 fully saturated rings. The zero-order valence-electron chi connectivity index (χ0n) is 11.1. The third-order valence-electron chi connectivity index (χ3n) is 2.30. The molecule has 0 aromatic carbocycles. The predicted molar refractivity (Wildman–Crippen MR) is 68.4 cm³/mol. The molecule has 1 amide bonds. The highest BCUT2D eigenvalue weighted by Gasteiger charge is 2.21. The maximum absolute atomic E-state index is 11.6. The number of carbonyl (C=O) groups excluding carboxylic acids is 2. The maximum atomic E-state index is 11.6. The van der Waals surface area contributed by atoms with Crippen molar-refractivity contribution in [2.45, 2.75) is 13.8 Å². The second-order valence-corrected chi connectivity index (χ2v) is 3.99. The van der Waals surface area contributed by atoms with Crippen LogP contribution in [0.15, 0.2) is 0 Å². The fraction of sp³-hybridized carbons (Fsp3) is 0.455. The van der Waals surface area contributed by atoms with Gasteiger partial charge in [-0.2, -0.15) is 4.98 Å². The van der Waals surface area contributed by atoms with E-state index in [2.05, 4.69) is 14.7 Å². The fourth-order valence-corrected chi connectivity index (χ4v) is 1.45. The van der Waals surface area contributed by atoms with Gasteiger partial charge in [-0.3, -0.25) is 14.5 Å². The van der Waals surface area contributed by atoms with E-state index in [1.165, 1.54) is 21.1 Å². The second kappa shape index (κ2) is 6.33. The number of anilines is 1. The molecule has 1 heterocycles. The van der Waals surface area contributed by atoms with Crippen molar-refractivity contribution in [3.63, 3.8) is 0 Å². The number of hydrogen-bond donors (Lipinski definition) is 0. The standard InChI is InChI=1S/C11H14ClN3O4/c1-6-9(12)10(19-4)14-11(13-6)15(7(2)16)5-8(17)18-3/h5H2,1-4H3. The van der Waals surface area contributed by atoms with Gasteiger partial charge in [0.05, 0.1) is 19.9 Å². The van der Waals surface area contributed by atoms with Crippen LogP contribution in [-0.2, 0) is 14.3 Å². The zero-order chi connectivity index (χ0) is 14.6. The number of carbonyl (C=O) groups is 2. The van der Waals surface area contributed by atoms with E-state index in [0.29, 0.717) is 5.69 Å². The van der Waals surface area contributed by atoms with E-state index >= 15 is 0 Å². The summed E-state index contributed by atoms with van der Waals surface area (Å²) in [6.07, 6.45) is 0. The van der Waals surface area contributed by atoms with Crippen LogP contribution in [0, 0.1) is 6.92 Å². The molecule has 104 valence electrons. The van der Waals surface area contributed by atoms with Crippen LogP contribution in [0.1, 0.15) is 12.6 Å². The zero-order valence-corrected chi connectivity index (χ0v) is 11.8. The number of esters is 1. The fourth-order valence-electron chi connectivity index (χ4n) is 1.29. The van der Waals surface area contributed by atoms with Gasteiger partial charge in [-0.15, -0.1) is 0 Å². The van der Waals surface area contributed by atoms with E-state index in [-0.39, 0.29) is 23.4 Å². The molecule has 0 unspecified atom stereocenters. The van der Waals surface area contributed by atoms with Crippen molar-refractivity contribution in [3.05, 3.63) is 10.7 Å².